The molecule has 0 saturated carbocycles. The van der Waals surface area contributed by atoms with E-state index in [1.165, 1.54) is 20.4 Å². The summed E-state index contributed by atoms with van der Waals surface area (Å²) in [6.45, 7) is 3.33. The highest BCUT2D eigenvalue weighted by Gasteiger charge is 2.20. The Labute approximate surface area is 191 Å². The maximum absolute atomic E-state index is 12.7. The molecule has 3 rings (SSSR count). The van der Waals surface area contributed by atoms with Gasteiger partial charge in [0.15, 0.2) is 5.82 Å². The van der Waals surface area contributed by atoms with Gasteiger partial charge in [-0.25, -0.2) is 15.3 Å². The van der Waals surface area contributed by atoms with Crippen molar-refractivity contribution in [2.45, 2.75) is 0 Å². The smallest absolute Gasteiger partial charge is 0.343 e. The Bertz CT molecular complexity index is 1210. The predicted molar refractivity (Wildman–Crippen MR) is 126 cm³/mol. The molecule has 0 atom stereocenters. The van der Waals surface area contributed by atoms with Crippen molar-refractivity contribution in [3.63, 3.8) is 0 Å². The minimum absolute atomic E-state index is 0.117. The van der Waals surface area contributed by atoms with Crippen molar-refractivity contribution in [2.75, 3.05) is 38.2 Å². The van der Waals surface area contributed by atoms with Crippen LogP contribution in [0.2, 0.25) is 0 Å². The number of nitrogens with one attached hydrogen (secondary N) is 3. The Morgan fingerprint density at radius 3 is 2.30 bits per heavy atom. The van der Waals surface area contributed by atoms with Crippen molar-refractivity contribution in [1.29, 1.82) is 0 Å². The second-order valence-electron chi connectivity index (χ2n) is 7.28. The molecular formula is C22H24N5O5P. The first-order valence-electron chi connectivity index (χ1n) is 9.80. The fraction of sp³-hybridized carbons (Fsp3) is 0.182. The molecule has 33 heavy (non-hydrogen) atoms. The summed E-state index contributed by atoms with van der Waals surface area (Å²) in [5.41, 5.74) is 3.95. The molecule has 11 heteroatoms. The number of hydroxylamine groups is 1. The SMILES string of the molecule is CONC(=O)c1ccc(Nc2ncc(C(=O)OC)c(Nc3ccccc3P(C)(C)=O)n2)cc1. The molecule has 1 heterocycles. The Morgan fingerprint density at radius 2 is 1.67 bits per heavy atom. The quantitative estimate of drug-likeness (QED) is 0.258. The molecule has 0 bridgehead atoms. The Balaban J connectivity index is 1.92. The third-order valence-electron chi connectivity index (χ3n) is 4.53. The number of carbonyl (C=O) groups excluding carboxylic acids is 2. The number of hydrogen-bond donors (Lipinski definition) is 3. The van der Waals surface area contributed by atoms with E-state index in [-0.39, 0.29) is 23.2 Å². The van der Waals surface area contributed by atoms with Gasteiger partial charge in [-0.1, -0.05) is 12.1 Å². The molecule has 0 aliphatic carbocycles. The van der Waals surface area contributed by atoms with Crippen molar-refractivity contribution in [3.8, 4) is 0 Å². The highest BCUT2D eigenvalue weighted by molar-refractivity contribution is 7.70. The van der Waals surface area contributed by atoms with E-state index in [0.717, 1.165) is 0 Å². The number of rotatable bonds is 8. The van der Waals surface area contributed by atoms with E-state index in [9.17, 15) is 14.2 Å². The monoisotopic (exact) mass is 469 g/mol. The van der Waals surface area contributed by atoms with Gasteiger partial charge in [0.1, 0.15) is 12.7 Å². The summed E-state index contributed by atoms with van der Waals surface area (Å²) in [5.74, 6) is -0.604. The largest absolute Gasteiger partial charge is 0.465 e. The maximum Gasteiger partial charge on any atom is 0.343 e. The van der Waals surface area contributed by atoms with E-state index in [0.29, 0.717) is 22.2 Å². The van der Waals surface area contributed by atoms with Crippen LogP contribution in [0.3, 0.4) is 0 Å². The molecule has 172 valence electrons. The van der Waals surface area contributed by atoms with Crippen LogP contribution >= 0.6 is 7.14 Å². The number of esters is 1. The molecule has 10 nitrogen and oxygen atoms in total. The number of methoxy groups -OCH3 is 1. The summed E-state index contributed by atoms with van der Waals surface area (Å²) in [4.78, 5) is 37.3. The van der Waals surface area contributed by atoms with Gasteiger partial charge >= 0.3 is 5.97 Å². The zero-order chi connectivity index (χ0) is 24.0. The normalized spacial score (nSPS) is 10.9. The van der Waals surface area contributed by atoms with E-state index < -0.39 is 13.1 Å². The van der Waals surface area contributed by atoms with Gasteiger partial charge in [0.2, 0.25) is 5.95 Å². The molecule has 0 unspecified atom stereocenters. The minimum Gasteiger partial charge on any atom is -0.465 e. The van der Waals surface area contributed by atoms with E-state index in [1.54, 1.807) is 61.9 Å². The van der Waals surface area contributed by atoms with Gasteiger partial charge in [-0.2, -0.15) is 4.98 Å². The third kappa shape index (κ3) is 5.94. The molecule has 1 amide bonds. The van der Waals surface area contributed by atoms with E-state index in [4.69, 9.17) is 4.74 Å². The van der Waals surface area contributed by atoms with Crippen LogP contribution in [0.5, 0.6) is 0 Å². The van der Waals surface area contributed by atoms with Crippen LogP contribution in [0.1, 0.15) is 20.7 Å². The standard InChI is InChI=1S/C22H24N5O5P/c1-31-21(29)16-13-23-22(24-15-11-9-14(10-12-15)20(28)27-32-2)26-19(16)25-17-7-5-6-8-18(17)33(3,4)30/h5-13H,1-4H3,(H,27,28)(H2,23,24,25,26). The summed E-state index contributed by atoms with van der Waals surface area (Å²) >= 11 is 0. The molecule has 0 saturated heterocycles. The van der Waals surface area contributed by atoms with Crippen molar-refractivity contribution in [2.24, 2.45) is 0 Å². The second-order valence-corrected chi connectivity index (χ2v) is 10.5. The molecular weight excluding hydrogens is 445 g/mol. The van der Waals surface area contributed by atoms with Crippen LogP contribution in [0.4, 0.5) is 23.1 Å². The van der Waals surface area contributed by atoms with E-state index in [1.807, 2.05) is 0 Å². The van der Waals surface area contributed by atoms with E-state index in [2.05, 4.69) is 30.9 Å². The summed E-state index contributed by atoms with van der Waals surface area (Å²) in [6.07, 6.45) is 1.34. The molecule has 0 aliphatic rings. The van der Waals surface area contributed by atoms with Crippen LogP contribution in [-0.4, -0.2) is 49.4 Å². The second kappa shape index (κ2) is 10.2. The highest BCUT2D eigenvalue weighted by atomic mass is 31.2. The number of ether oxygens (including phenoxy) is 1. The number of nitrogens with zero attached hydrogens (tertiary/aromatic N) is 2. The topological polar surface area (TPSA) is 132 Å². The molecule has 3 aromatic rings. The van der Waals surface area contributed by atoms with Crippen LogP contribution in [-0.2, 0) is 14.1 Å². The van der Waals surface area contributed by atoms with Crippen molar-refractivity contribution in [1.82, 2.24) is 15.4 Å². The molecule has 2 aromatic carbocycles. The first kappa shape index (κ1) is 23.9. The Hall–Kier alpha value is -3.75. The number of para-hydroxylation sites is 1. The highest BCUT2D eigenvalue weighted by Crippen LogP contribution is 2.38. The van der Waals surface area contributed by atoms with Gasteiger partial charge in [-0.3, -0.25) is 9.63 Å². The predicted octanol–water partition coefficient (Wildman–Crippen LogP) is 3.29. The zero-order valence-electron chi connectivity index (χ0n) is 18.6. The fourth-order valence-corrected chi connectivity index (χ4v) is 4.11. The van der Waals surface area contributed by atoms with Crippen LogP contribution < -0.4 is 21.4 Å². The Morgan fingerprint density at radius 1 is 0.970 bits per heavy atom. The van der Waals surface area contributed by atoms with Crippen molar-refractivity contribution >= 4 is 47.5 Å². The first-order chi connectivity index (χ1) is 15.7. The average Bonchev–Trinajstić information content (AvgIpc) is 2.79. The summed E-state index contributed by atoms with van der Waals surface area (Å²) in [6, 6.07) is 13.7. The molecule has 0 radical (unpaired) electrons. The van der Waals surface area contributed by atoms with E-state index >= 15 is 0 Å². The minimum atomic E-state index is -2.60. The van der Waals surface area contributed by atoms with Gasteiger partial charge < -0.3 is 19.9 Å². The molecule has 1 aromatic heterocycles. The lowest BCUT2D eigenvalue weighted by Crippen LogP contribution is -2.21. The van der Waals surface area contributed by atoms with Crippen LogP contribution in [0.25, 0.3) is 0 Å². The van der Waals surface area contributed by atoms with Gasteiger partial charge in [-0.15, -0.1) is 0 Å². The van der Waals surface area contributed by atoms with Gasteiger partial charge in [-0.05, 0) is 49.7 Å². The van der Waals surface area contributed by atoms with Crippen molar-refractivity contribution in [3.05, 3.63) is 65.9 Å². The number of aromatic nitrogens is 2. The first-order valence-corrected chi connectivity index (χ1v) is 12.4. The fourth-order valence-electron chi connectivity index (χ4n) is 2.96. The van der Waals surface area contributed by atoms with Crippen molar-refractivity contribution < 1.29 is 23.7 Å². The number of carbonyl (C=O) groups is 2. The molecule has 0 spiro atoms. The number of benzene rings is 2. The van der Waals surface area contributed by atoms with Gasteiger partial charge in [0.25, 0.3) is 5.91 Å². The molecule has 0 fully saturated rings. The molecule has 0 aliphatic heterocycles. The lowest BCUT2D eigenvalue weighted by Gasteiger charge is -2.16. The maximum atomic E-state index is 12.7. The van der Waals surface area contributed by atoms with Gasteiger partial charge in [0.05, 0.1) is 19.9 Å². The van der Waals surface area contributed by atoms with Crippen LogP contribution in [0, 0.1) is 0 Å². The average molecular weight is 469 g/mol. The number of amides is 1. The Kier molecular flexibility index (Phi) is 7.42. The number of anilines is 4. The van der Waals surface area contributed by atoms with Gasteiger partial charge in [0, 0.05) is 22.8 Å². The summed E-state index contributed by atoms with van der Waals surface area (Å²) in [7, 11) is 0.0154. The summed E-state index contributed by atoms with van der Waals surface area (Å²) in [5, 5.41) is 6.75. The molecule has 3 N–H and O–H groups in total. The summed E-state index contributed by atoms with van der Waals surface area (Å²) < 4.78 is 17.6. The lowest BCUT2D eigenvalue weighted by molar-refractivity contribution is 0.0537. The lowest BCUT2D eigenvalue weighted by atomic mass is 10.2. The van der Waals surface area contributed by atoms with Crippen LogP contribution in [0.15, 0.2) is 54.7 Å². The number of hydrogen-bond acceptors (Lipinski definition) is 9. The third-order valence-corrected chi connectivity index (χ3v) is 6.08. The zero-order valence-corrected chi connectivity index (χ0v) is 19.5.